The molecule has 0 atom stereocenters. The first-order valence-corrected chi connectivity index (χ1v) is 7.07. The van der Waals surface area contributed by atoms with Gasteiger partial charge in [-0.3, -0.25) is 0 Å². The van der Waals surface area contributed by atoms with E-state index in [0.717, 1.165) is 19.4 Å². The molecule has 0 aliphatic rings. The zero-order chi connectivity index (χ0) is 14.4. The second kappa shape index (κ2) is 7.06. The predicted molar refractivity (Wildman–Crippen MR) is 80.0 cm³/mol. The van der Waals surface area contributed by atoms with Gasteiger partial charge in [0.1, 0.15) is 0 Å². The molecule has 2 nitrogen and oxygen atoms in total. The van der Waals surface area contributed by atoms with Crippen LogP contribution in [0.15, 0.2) is 30.3 Å². The fourth-order valence-electron chi connectivity index (χ4n) is 2.76. The minimum Gasteiger partial charge on any atom is -0.396 e. The molecule has 19 heavy (non-hydrogen) atoms. The number of hydrogen-bond acceptors (Lipinski definition) is 2. The van der Waals surface area contributed by atoms with E-state index in [4.69, 9.17) is 9.84 Å². The standard InChI is InChI=1S/C17H28O2/c1-16(2,10-11-18)13-17(3,4)14-19-12-15-8-6-5-7-9-15/h5-9,18H,10-14H2,1-4H3. The molecule has 0 bridgehead atoms. The molecule has 0 spiro atoms. The minimum atomic E-state index is 0.132. The average molecular weight is 264 g/mol. The van der Waals surface area contributed by atoms with Crippen LogP contribution in [-0.2, 0) is 11.3 Å². The normalized spacial score (nSPS) is 12.7. The van der Waals surface area contributed by atoms with Crippen molar-refractivity contribution in [3.05, 3.63) is 35.9 Å². The summed E-state index contributed by atoms with van der Waals surface area (Å²) in [6, 6.07) is 10.3. The monoisotopic (exact) mass is 264 g/mol. The minimum absolute atomic E-state index is 0.132. The van der Waals surface area contributed by atoms with Gasteiger partial charge in [0.15, 0.2) is 0 Å². The van der Waals surface area contributed by atoms with Crippen molar-refractivity contribution in [1.82, 2.24) is 0 Å². The Kier molecular flexibility index (Phi) is 6.02. The maximum Gasteiger partial charge on any atom is 0.0717 e. The third kappa shape index (κ3) is 6.74. The quantitative estimate of drug-likeness (QED) is 0.768. The highest BCUT2D eigenvalue weighted by molar-refractivity contribution is 5.13. The first-order valence-electron chi connectivity index (χ1n) is 7.07. The topological polar surface area (TPSA) is 29.5 Å². The SMILES string of the molecule is CC(C)(CCO)CC(C)(C)COCc1ccccc1. The molecule has 1 aromatic rings. The molecule has 2 heteroatoms. The molecule has 0 heterocycles. The van der Waals surface area contributed by atoms with E-state index in [2.05, 4.69) is 39.8 Å². The molecule has 0 aliphatic heterocycles. The Morgan fingerprint density at radius 1 is 1.00 bits per heavy atom. The number of benzene rings is 1. The Balaban J connectivity index is 2.38. The molecule has 1 aromatic carbocycles. The smallest absolute Gasteiger partial charge is 0.0717 e. The van der Waals surface area contributed by atoms with Crippen molar-refractivity contribution >= 4 is 0 Å². The Bertz CT molecular complexity index is 355. The zero-order valence-corrected chi connectivity index (χ0v) is 12.8. The Hall–Kier alpha value is -0.860. The number of rotatable bonds is 8. The van der Waals surface area contributed by atoms with Crippen LogP contribution >= 0.6 is 0 Å². The Morgan fingerprint density at radius 3 is 2.21 bits per heavy atom. The number of aliphatic hydroxyl groups excluding tert-OH is 1. The fraction of sp³-hybridized carbons (Fsp3) is 0.647. The Morgan fingerprint density at radius 2 is 1.63 bits per heavy atom. The molecule has 0 amide bonds. The summed E-state index contributed by atoms with van der Waals surface area (Å²) >= 11 is 0. The maximum atomic E-state index is 9.09. The summed E-state index contributed by atoms with van der Waals surface area (Å²) in [7, 11) is 0. The molecular formula is C17H28O2. The summed E-state index contributed by atoms with van der Waals surface area (Å²) in [6.45, 7) is 10.6. The lowest BCUT2D eigenvalue weighted by Crippen LogP contribution is -2.28. The molecule has 1 rings (SSSR count). The van der Waals surface area contributed by atoms with Crippen LogP contribution in [0.4, 0.5) is 0 Å². The summed E-state index contributed by atoms with van der Waals surface area (Å²) in [4.78, 5) is 0. The van der Waals surface area contributed by atoms with Crippen LogP contribution in [0.25, 0.3) is 0 Å². The molecule has 0 radical (unpaired) electrons. The van der Waals surface area contributed by atoms with Crippen molar-refractivity contribution in [3.8, 4) is 0 Å². The highest BCUT2D eigenvalue weighted by Gasteiger charge is 2.28. The van der Waals surface area contributed by atoms with Gasteiger partial charge in [-0.1, -0.05) is 58.0 Å². The second-order valence-corrected chi connectivity index (χ2v) is 6.96. The maximum absolute atomic E-state index is 9.09. The van der Waals surface area contributed by atoms with E-state index in [1.54, 1.807) is 0 Å². The molecule has 1 N–H and O–H groups in total. The van der Waals surface area contributed by atoms with Gasteiger partial charge in [-0.25, -0.2) is 0 Å². The third-order valence-corrected chi connectivity index (χ3v) is 3.35. The van der Waals surface area contributed by atoms with Gasteiger partial charge < -0.3 is 9.84 Å². The highest BCUT2D eigenvalue weighted by Crippen LogP contribution is 2.36. The van der Waals surface area contributed by atoms with Gasteiger partial charge in [0.25, 0.3) is 0 Å². The highest BCUT2D eigenvalue weighted by atomic mass is 16.5. The molecule has 0 aliphatic carbocycles. The predicted octanol–water partition coefficient (Wildman–Crippen LogP) is 4.03. The molecule has 0 aromatic heterocycles. The van der Waals surface area contributed by atoms with Crippen LogP contribution in [0.5, 0.6) is 0 Å². The molecule has 0 unspecified atom stereocenters. The average Bonchev–Trinajstić information content (AvgIpc) is 2.28. The van der Waals surface area contributed by atoms with Crippen molar-refractivity contribution in [2.45, 2.75) is 47.1 Å². The van der Waals surface area contributed by atoms with E-state index in [1.165, 1.54) is 5.56 Å². The first-order chi connectivity index (χ1) is 8.85. The summed E-state index contributed by atoms with van der Waals surface area (Å²) in [5, 5.41) is 9.09. The first kappa shape index (κ1) is 16.2. The van der Waals surface area contributed by atoms with Gasteiger partial charge in [-0.15, -0.1) is 0 Å². The van der Waals surface area contributed by atoms with Crippen LogP contribution < -0.4 is 0 Å². The van der Waals surface area contributed by atoms with E-state index >= 15 is 0 Å². The van der Waals surface area contributed by atoms with Crippen LogP contribution in [0.2, 0.25) is 0 Å². The van der Waals surface area contributed by atoms with Crippen LogP contribution in [0.3, 0.4) is 0 Å². The van der Waals surface area contributed by atoms with Gasteiger partial charge in [0, 0.05) is 6.61 Å². The summed E-state index contributed by atoms with van der Waals surface area (Å²) in [6.07, 6.45) is 1.89. The number of ether oxygens (including phenoxy) is 1. The van der Waals surface area contributed by atoms with Crippen LogP contribution in [-0.4, -0.2) is 18.3 Å². The molecule has 0 fully saturated rings. The summed E-state index contributed by atoms with van der Waals surface area (Å²) < 4.78 is 5.85. The Labute approximate surface area is 117 Å². The van der Waals surface area contributed by atoms with E-state index in [-0.39, 0.29) is 17.4 Å². The van der Waals surface area contributed by atoms with Crippen molar-refractivity contribution in [3.63, 3.8) is 0 Å². The van der Waals surface area contributed by atoms with Gasteiger partial charge >= 0.3 is 0 Å². The van der Waals surface area contributed by atoms with E-state index in [9.17, 15) is 0 Å². The van der Waals surface area contributed by atoms with Gasteiger partial charge in [-0.05, 0) is 29.2 Å². The van der Waals surface area contributed by atoms with Crippen LogP contribution in [0, 0.1) is 10.8 Å². The van der Waals surface area contributed by atoms with Crippen LogP contribution in [0.1, 0.15) is 46.1 Å². The van der Waals surface area contributed by atoms with Crippen molar-refractivity contribution in [1.29, 1.82) is 0 Å². The van der Waals surface area contributed by atoms with E-state index in [0.29, 0.717) is 6.61 Å². The van der Waals surface area contributed by atoms with E-state index < -0.39 is 0 Å². The largest absolute Gasteiger partial charge is 0.396 e. The van der Waals surface area contributed by atoms with Gasteiger partial charge in [-0.2, -0.15) is 0 Å². The zero-order valence-electron chi connectivity index (χ0n) is 12.8. The van der Waals surface area contributed by atoms with Gasteiger partial charge in [0.2, 0.25) is 0 Å². The summed E-state index contributed by atoms with van der Waals surface area (Å²) in [5.41, 5.74) is 1.51. The lowest BCUT2D eigenvalue weighted by atomic mass is 9.74. The fourth-order valence-corrected chi connectivity index (χ4v) is 2.76. The van der Waals surface area contributed by atoms with Gasteiger partial charge in [0.05, 0.1) is 13.2 Å². The summed E-state index contributed by atoms with van der Waals surface area (Å²) in [5.74, 6) is 0. The van der Waals surface area contributed by atoms with Crippen molar-refractivity contribution in [2.24, 2.45) is 10.8 Å². The lowest BCUT2D eigenvalue weighted by Gasteiger charge is -2.34. The molecule has 0 saturated heterocycles. The molecule has 108 valence electrons. The van der Waals surface area contributed by atoms with E-state index in [1.807, 2.05) is 18.2 Å². The third-order valence-electron chi connectivity index (χ3n) is 3.35. The van der Waals surface area contributed by atoms with Crippen molar-refractivity contribution in [2.75, 3.05) is 13.2 Å². The second-order valence-electron chi connectivity index (χ2n) is 6.96. The number of hydrogen-bond donors (Lipinski definition) is 1. The lowest BCUT2D eigenvalue weighted by molar-refractivity contribution is 0.0231. The molecule has 0 saturated carbocycles. The van der Waals surface area contributed by atoms with Crippen molar-refractivity contribution < 1.29 is 9.84 Å². The molecular weight excluding hydrogens is 236 g/mol. The number of aliphatic hydroxyl groups is 1.